The summed E-state index contributed by atoms with van der Waals surface area (Å²) in [4.78, 5) is 4.88. The standard InChI is InChI=1S/C20H32N2O/c1-17(22-15-13-21(2)14-16-22)20(23,18-9-5-3-6-10-18)19-11-7-4-8-12-19/h3,5-6,9-10,17,19,23H,4,7-8,11-16H2,1-2H3/t17-,20+/m1/s1. The predicted molar refractivity (Wildman–Crippen MR) is 95.4 cm³/mol. The largest absolute Gasteiger partial charge is 0.383 e. The Morgan fingerprint density at radius 2 is 1.61 bits per heavy atom. The van der Waals surface area contributed by atoms with Crippen LogP contribution >= 0.6 is 0 Å². The van der Waals surface area contributed by atoms with E-state index in [0.29, 0.717) is 5.92 Å². The van der Waals surface area contributed by atoms with Gasteiger partial charge in [0.15, 0.2) is 0 Å². The minimum atomic E-state index is -0.725. The summed E-state index contributed by atoms with van der Waals surface area (Å²) in [6.07, 6.45) is 6.15. The molecule has 128 valence electrons. The summed E-state index contributed by atoms with van der Waals surface area (Å²) in [7, 11) is 2.19. The second kappa shape index (κ2) is 7.33. The van der Waals surface area contributed by atoms with Gasteiger partial charge in [-0.05, 0) is 38.3 Å². The van der Waals surface area contributed by atoms with E-state index in [0.717, 1.165) is 44.6 Å². The molecule has 0 unspecified atom stereocenters. The molecule has 2 fully saturated rings. The molecule has 1 saturated heterocycles. The van der Waals surface area contributed by atoms with Crippen molar-refractivity contribution < 1.29 is 5.11 Å². The summed E-state index contributed by atoms with van der Waals surface area (Å²) in [6.45, 7) is 6.55. The average Bonchev–Trinajstić information content (AvgIpc) is 2.62. The molecule has 0 spiro atoms. The summed E-state index contributed by atoms with van der Waals surface area (Å²) >= 11 is 0. The number of hydrogen-bond donors (Lipinski definition) is 1. The third-order valence-electron chi connectivity index (χ3n) is 6.19. The molecule has 23 heavy (non-hydrogen) atoms. The zero-order chi connectivity index (χ0) is 16.3. The van der Waals surface area contributed by atoms with Crippen LogP contribution in [0.5, 0.6) is 0 Å². The van der Waals surface area contributed by atoms with E-state index in [-0.39, 0.29) is 6.04 Å². The molecular weight excluding hydrogens is 284 g/mol. The minimum Gasteiger partial charge on any atom is -0.383 e. The fraction of sp³-hybridized carbons (Fsp3) is 0.700. The van der Waals surface area contributed by atoms with E-state index < -0.39 is 5.60 Å². The lowest BCUT2D eigenvalue weighted by molar-refractivity contribution is -0.107. The van der Waals surface area contributed by atoms with Gasteiger partial charge in [0.05, 0.1) is 0 Å². The van der Waals surface area contributed by atoms with Gasteiger partial charge in [-0.3, -0.25) is 4.90 Å². The molecule has 1 N–H and O–H groups in total. The molecule has 0 radical (unpaired) electrons. The van der Waals surface area contributed by atoms with Gasteiger partial charge in [-0.25, -0.2) is 0 Å². The lowest BCUT2D eigenvalue weighted by atomic mass is 9.69. The third kappa shape index (κ3) is 3.47. The van der Waals surface area contributed by atoms with E-state index in [2.05, 4.69) is 48.0 Å². The summed E-state index contributed by atoms with van der Waals surface area (Å²) in [6, 6.07) is 10.6. The fourth-order valence-electron chi connectivity index (χ4n) is 4.55. The first-order valence-electron chi connectivity index (χ1n) is 9.33. The molecule has 3 nitrogen and oxygen atoms in total. The van der Waals surface area contributed by atoms with Crippen molar-refractivity contribution in [2.45, 2.75) is 50.7 Å². The number of likely N-dealkylation sites (N-methyl/N-ethyl adjacent to an activating group) is 1. The highest BCUT2D eigenvalue weighted by Gasteiger charge is 2.45. The Balaban J connectivity index is 1.88. The molecule has 1 aliphatic carbocycles. The van der Waals surface area contributed by atoms with E-state index in [1.807, 2.05) is 6.07 Å². The molecular formula is C20H32N2O. The highest BCUT2D eigenvalue weighted by Crippen LogP contribution is 2.43. The fourth-order valence-corrected chi connectivity index (χ4v) is 4.55. The summed E-state index contributed by atoms with van der Waals surface area (Å²) < 4.78 is 0. The number of aliphatic hydroxyl groups is 1. The molecule has 1 aliphatic heterocycles. The molecule has 2 aliphatic rings. The van der Waals surface area contributed by atoms with Crippen molar-refractivity contribution in [2.75, 3.05) is 33.2 Å². The molecule has 1 saturated carbocycles. The molecule has 2 atom stereocenters. The predicted octanol–water partition coefficient (Wildman–Crippen LogP) is 3.09. The van der Waals surface area contributed by atoms with Crippen LogP contribution in [0.4, 0.5) is 0 Å². The van der Waals surface area contributed by atoms with Crippen LogP contribution in [0.15, 0.2) is 30.3 Å². The van der Waals surface area contributed by atoms with Gasteiger partial charge in [-0.2, -0.15) is 0 Å². The van der Waals surface area contributed by atoms with Gasteiger partial charge in [-0.15, -0.1) is 0 Å². The molecule has 1 heterocycles. The molecule has 0 bridgehead atoms. The first-order valence-corrected chi connectivity index (χ1v) is 9.33. The lowest BCUT2D eigenvalue weighted by Crippen LogP contribution is -2.58. The smallest absolute Gasteiger partial charge is 0.108 e. The number of piperazine rings is 1. The van der Waals surface area contributed by atoms with Crippen molar-refractivity contribution in [1.82, 2.24) is 9.80 Å². The van der Waals surface area contributed by atoms with E-state index >= 15 is 0 Å². The van der Waals surface area contributed by atoms with Crippen molar-refractivity contribution in [3.05, 3.63) is 35.9 Å². The summed E-state index contributed by atoms with van der Waals surface area (Å²) in [5, 5.41) is 11.9. The molecule has 0 amide bonds. The summed E-state index contributed by atoms with van der Waals surface area (Å²) in [5.41, 5.74) is 0.385. The van der Waals surface area contributed by atoms with Crippen molar-refractivity contribution in [3.8, 4) is 0 Å². The van der Waals surface area contributed by atoms with Crippen LogP contribution in [0.2, 0.25) is 0 Å². The average molecular weight is 316 g/mol. The normalized spacial score (nSPS) is 25.9. The third-order valence-corrected chi connectivity index (χ3v) is 6.19. The van der Waals surface area contributed by atoms with Crippen LogP contribution in [-0.4, -0.2) is 54.2 Å². The SMILES string of the molecule is C[C@@H](N1CCN(C)CC1)[C@](O)(c1ccccc1)C1CCCCC1. The van der Waals surface area contributed by atoms with Crippen molar-refractivity contribution in [3.63, 3.8) is 0 Å². The van der Waals surface area contributed by atoms with E-state index in [4.69, 9.17) is 0 Å². The summed E-state index contributed by atoms with van der Waals surface area (Å²) in [5.74, 6) is 0.383. The first kappa shape index (κ1) is 16.9. The Labute approximate surface area is 141 Å². The maximum atomic E-state index is 11.9. The van der Waals surface area contributed by atoms with Gasteiger partial charge >= 0.3 is 0 Å². The lowest BCUT2D eigenvalue weighted by Gasteiger charge is -2.49. The van der Waals surface area contributed by atoms with Gasteiger partial charge in [0.1, 0.15) is 5.60 Å². The maximum absolute atomic E-state index is 11.9. The van der Waals surface area contributed by atoms with Crippen molar-refractivity contribution >= 4 is 0 Å². The van der Waals surface area contributed by atoms with Crippen LogP contribution in [-0.2, 0) is 5.60 Å². The number of rotatable bonds is 4. The maximum Gasteiger partial charge on any atom is 0.108 e. The highest BCUT2D eigenvalue weighted by molar-refractivity contribution is 5.26. The zero-order valence-electron chi connectivity index (χ0n) is 14.7. The number of hydrogen-bond acceptors (Lipinski definition) is 3. The molecule has 1 aromatic carbocycles. The highest BCUT2D eigenvalue weighted by atomic mass is 16.3. The molecule has 0 aromatic heterocycles. The van der Waals surface area contributed by atoms with Gasteiger partial charge in [-0.1, -0.05) is 49.6 Å². The van der Waals surface area contributed by atoms with E-state index in [1.165, 1.54) is 19.3 Å². The van der Waals surface area contributed by atoms with E-state index in [9.17, 15) is 5.11 Å². The van der Waals surface area contributed by atoms with Gasteiger partial charge < -0.3 is 10.0 Å². The Hall–Kier alpha value is -0.900. The zero-order valence-corrected chi connectivity index (χ0v) is 14.7. The minimum absolute atomic E-state index is 0.168. The number of nitrogens with zero attached hydrogens (tertiary/aromatic N) is 2. The van der Waals surface area contributed by atoms with Gasteiger partial charge in [0, 0.05) is 32.2 Å². The topological polar surface area (TPSA) is 26.7 Å². The second-order valence-corrected chi connectivity index (χ2v) is 7.54. The Bertz CT molecular complexity index is 478. The first-order chi connectivity index (χ1) is 11.1. The van der Waals surface area contributed by atoms with Crippen LogP contribution in [0.3, 0.4) is 0 Å². The Kier molecular flexibility index (Phi) is 5.40. The quantitative estimate of drug-likeness (QED) is 0.925. The van der Waals surface area contributed by atoms with Crippen molar-refractivity contribution in [2.24, 2.45) is 5.92 Å². The van der Waals surface area contributed by atoms with Gasteiger partial charge in [0.25, 0.3) is 0 Å². The van der Waals surface area contributed by atoms with Crippen LogP contribution < -0.4 is 0 Å². The van der Waals surface area contributed by atoms with Crippen LogP contribution in [0, 0.1) is 5.92 Å². The molecule has 3 rings (SSSR count). The van der Waals surface area contributed by atoms with Crippen LogP contribution in [0.25, 0.3) is 0 Å². The van der Waals surface area contributed by atoms with Crippen molar-refractivity contribution in [1.29, 1.82) is 0 Å². The van der Waals surface area contributed by atoms with Crippen LogP contribution in [0.1, 0.15) is 44.6 Å². The Morgan fingerprint density at radius 3 is 2.22 bits per heavy atom. The van der Waals surface area contributed by atoms with E-state index in [1.54, 1.807) is 0 Å². The van der Waals surface area contributed by atoms with Gasteiger partial charge in [0.2, 0.25) is 0 Å². The monoisotopic (exact) mass is 316 g/mol. The number of benzene rings is 1. The molecule has 1 aromatic rings. The Morgan fingerprint density at radius 1 is 1.00 bits per heavy atom. The second-order valence-electron chi connectivity index (χ2n) is 7.54. The molecule has 3 heteroatoms.